The molecular formula is C14H21BrN2. The number of nitrogen functional groups attached to an aromatic ring is 1. The van der Waals surface area contributed by atoms with Gasteiger partial charge in [0.05, 0.1) is 0 Å². The lowest BCUT2D eigenvalue weighted by molar-refractivity contribution is 0.300. The fourth-order valence-electron chi connectivity index (χ4n) is 2.46. The zero-order valence-electron chi connectivity index (χ0n) is 10.4. The fourth-order valence-corrected chi connectivity index (χ4v) is 3.00. The van der Waals surface area contributed by atoms with Crippen molar-refractivity contribution in [3.63, 3.8) is 0 Å². The molecule has 2 nitrogen and oxygen atoms in total. The first-order valence-electron chi connectivity index (χ1n) is 6.44. The number of hydrogen-bond acceptors (Lipinski definition) is 2. The molecule has 0 radical (unpaired) electrons. The Kier molecular flexibility index (Phi) is 4.32. The molecule has 17 heavy (non-hydrogen) atoms. The monoisotopic (exact) mass is 296 g/mol. The largest absolute Gasteiger partial charge is 0.399 e. The topological polar surface area (TPSA) is 38.0 Å². The highest BCUT2D eigenvalue weighted by Crippen LogP contribution is 2.30. The Morgan fingerprint density at radius 2 is 2.00 bits per heavy atom. The third-order valence-corrected chi connectivity index (χ3v) is 4.37. The maximum Gasteiger partial charge on any atom is 0.0486 e. The van der Waals surface area contributed by atoms with E-state index in [4.69, 9.17) is 5.73 Å². The molecule has 0 spiro atoms. The molecule has 1 saturated carbocycles. The van der Waals surface area contributed by atoms with Gasteiger partial charge in [0.25, 0.3) is 0 Å². The molecule has 0 unspecified atom stereocenters. The van der Waals surface area contributed by atoms with Gasteiger partial charge in [-0.2, -0.15) is 0 Å². The second kappa shape index (κ2) is 5.76. The van der Waals surface area contributed by atoms with E-state index in [0.29, 0.717) is 0 Å². The van der Waals surface area contributed by atoms with Crippen LogP contribution in [0.2, 0.25) is 0 Å². The van der Waals surface area contributed by atoms with E-state index < -0.39 is 0 Å². The summed E-state index contributed by atoms with van der Waals surface area (Å²) in [6, 6.07) is 5.94. The smallest absolute Gasteiger partial charge is 0.0486 e. The van der Waals surface area contributed by atoms with Gasteiger partial charge in [-0.3, -0.25) is 0 Å². The Bertz CT molecular complexity index is 370. The molecule has 0 heterocycles. The molecule has 1 aliphatic carbocycles. The third kappa shape index (κ3) is 3.63. The van der Waals surface area contributed by atoms with Crippen molar-refractivity contribution in [2.24, 2.45) is 11.8 Å². The molecular weight excluding hydrogens is 276 g/mol. The minimum Gasteiger partial charge on any atom is -0.399 e. The average Bonchev–Trinajstić information content (AvgIpc) is 2.30. The van der Waals surface area contributed by atoms with Gasteiger partial charge in [-0.25, -0.2) is 0 Å². The van der Waals surface area contributed by atoms with Crippen LogP contribution < -0.4 is 11.1 Å². The predicted octanol–water partition coefficient (Wildman–Crippen LogP) is 4.27. The van der Waals surface area contributed by atoms with Crippen LogP contribution in [0.3, 0.4) is 0 Å². The first kappa shape index (κ1) is 12.7. The molecule has 0 saturated heterocycles. The van der Waals surface area contributed by atoms with Crippen molar-refractivity contribution in [3.8, 4) is 0 Å². The van der Waals surface area contributed by atoms with Crippen molar-refractivity contribution in [2.45, 2.75) is 32.6 Å². The van der Waals surface area contributed by atoms with E-state index in [1.165, 1.54) is 25.7 Å². The lowest BCUT2D eigenvalue weighted by atomic mass is 9.83. The zero-order chi connectivity index (χ0) is 12.3. The van der Waals surface area contributed by atoms with Crippen molar-refractivity contribution in [3.05, 3.63) is 22.7 Å². The van der Waals surface area contributed by atoms with Crippen molar-refractivity contribution in [1.82, 2.24) is 0 Å². The van der Waals surface area contributed by atoms with Gasteiger partial charge in [-0.05, 0) is 58.8 Å². The minimum atomic E-state index is 0.800. The van der Waals surface area contributed by atoms with E-state index in [1.54, 1.807) is 0 Å². The lowest BCUT2D eigenvalue weighted by Gasteiger charge is -2.26. The second-order valence-corrected chi connectivity index (χ2v) is 6.10. The van der Waals surface area contributed by atoms with Crippen molar-refractivity contribution in [1.29, 1.82) is 0 Å². The summed E-state index contributed by atoms with van der Waals surface area (Å²) in [4.78, 5) is 0. The molecule has 0 amide bonds. The van der Waals surface area contributed by atoms with Gasteiger partial charge in [0.15, 0.2) is 0 Å². The number of benzene rings is 1. The van der Waals surface area contributed by atoms with Crippen LogP contribution in [0.4, 0.5) is 11.4 Å². The van der Waals surface area contributed by atoms with E-state index in [1.807, 2.05) is 18.2 Å². The summed E-state index contributed by atoms with van der Waals surface area (Å²) < 4.78 is 1.06. The molecule has 0 atom stereocenters. The van der Waals surface area contributed by atoms with E-state index in [2.05, 4.69) is 28.2 Å². The predicted molar refractivity (Wildman–Crippen MR) is 78.2 cm³/mol. The number of hydrogen-bond donors (Lipinski definition) is 2. The van der Waals surface area contributed by atoms with Crippen LogP contribution in [0.15, 0.2) is 22.7 Å². The zero-order valence-corrected chi connectivity index (χ0v) is 12.0. The molecule has 1 aromatic carbocycles. The van der Waals surface area contributed by atoms with Crippen LogP contribution in [0.5, 0.6) is 0 Å². The molecule has 1 aliphatic rings. The van der Waals surface area contributed by atoms with Crippen molar-refractivity contribution in [2.75, 3.05) is 17.6 Å². The number of rotatable bonds is 3. The molecule has 0 aliphatic heterocycles. The number of halogens is 1. The summed E-state index contributed by atoms with van der Waals surface area (Å²) in [6.45, 7) is 3.44. The Balaban J connectivity index is 1.85. The third-order valence-electron chi connectivity index (χ3n) is 3.71. The Hall–Kier alpha value is -0.700. The first-order valence-corrected chi connectivity index (χ1v) is 7.23. The Morgan fingerprint density at radius 1 is 1.29 bits per heavy atom. The minimum absolute atomic E-state index is 0.800. The highest BCUT2D eigenvalue weighted by molar-refractivity contribution is 9.10. The van der Waals surface area contributed by atoms with Crippen LogP contribution >= 0.6 is 15.9 Å². The molecule has 2 rings (SSSR count). The normalized spacial score (nSPS) is 24.6. The highest BCUT2D eigenvalue weighted by Gasteiger charge is 2.17. The molecule has 1 aromatic rings. The van der Waals surface area contributed by atoms with Crippen LogP contribution in [-0.2, 0) is 0 Å². The molecule has 1 fully saturated rings. The Labute approximate surface area is 112 Å². The quantitative estimate of drug-likeness (QED) is 0.818. The lowest BCUT2D eigenvalue weighted by Crippen LogP contribution is -2.20. The summed E-state index contributed by atoms with van der Waals surface area (Å²) in [5.41, 5.74) is 7.67. The Morgan fingerprint density at radius 3 is 2.65 bits per heavy atom. The summed E-state index contributed by atoms with van der Waals surface area (Å²) >= 11 is 3.54. The van der Waals surface area contributed by atoms with Crippen molar-refractivity contribution >= 4 is 27.3 Å². The highest BCUT2D eigenvalue weighted by atomic mass is 79.9. The molecule has 3 N–H and O–H groups in total. The first-order chi connectivity index (χ1) is 8.15. The maximum absolute atomic E-state index is 5.72. The van der Waals surface area contributed by atoms with Crippen LogP contribution in [0.25, 0.3) is 0 Å². The van der Waals surface area contributed by atoms with E-state index in [9.17, 15) is 0 Å². The van der Waals surface area contributed by atoms with Gasteiger partial charge in [-0.1, -0.05) is 19.8 Å². The summed E-state index contributed by atoms with van der Waals surface area (Å²) in [5.74, 6) is 1.75. The van der Waals surface area contributed by atoms with Gasteiger partial charge in [0, 0.05) is 22.4 Å². The van der Waals surface area contributed by atoms with Gasteiger partial charge in [-0.15, -0.1) is 0 Å². The van der Waals surface area contributed by atoms with E-state index in [0.717, 1.165) is 34.2 Å². The molecule has 0 bridgehead atoms. The molecule has 94 valence electrons. The molecule has 0 aromatic heterocycles. The van der Waals surface area contributed by atoms with E-state index >= 15 is 0 Å². The van der Waals surface area contributed by atoms with Crippen LogP contribution in [-0.4, -0.2) is 6.54 Å². The van der Waals surface area contributed by atoms with E-state index in [-0.39, 0.29) is 0 Å². The standard InChI is InChI=1S/C14H21BrN2/c1-10-2-4-11(5-3-10)9-17-14-7-6-12(16)8-13(14)15/h6-8,10-11,17H,2-5,9,16H2,1H3. The summed E-state index contributed by atoms with van der Waals surface area (Å²) in [6.07, 6.45) is 5.49. The number of nitrogens with one attached hydrogen (secondary N) is 1. The summed E-state index contributed by atoms with van der Waals surface area (Å²) in [7, 11) is 0. The van der Waals surface area contributed by atoms with Crippen LogP contribution in [0.1, 0.15) is 32.6 Å². The van der Waals surface area contributed by atoms with Gasteiger partial charge in [0.1, 0.15) is 0 Å². The van der Waals surface area contributed by atoms with Gasteiger partial charge in [0.2, 0.25) is 0 Å². The van der Waals surface area contributed by atoms with Crippen molar-refractivity contribution < 1.29 is 0 Å². The second-order valence-electron chi connectivity index (χ2n) is 5.25. The maximum atomic E-state index is 5.72. The number of anilines is 2. The SMILES string of the molecule is CC1CCC(CNc2ccc(N)cc2Br)CC1. The average molecular weight is 297 g/mol. The number of nitrogens with two attached hydrogens (primary N) is 1. The summed E-state index contributed by atoms with van der Waals surface area (Å²) in [5, 5.41) is 3.52. The van der Waals surface area contributed by atoms with Gasteiger partial charge >= 0.3 is 0 Å². The fraction of sp³-hybridized carbons (Fsp3) is 0.571. The van der Waals surface area contributed by atoms with Gasteiger partial charge < -0.3 is 11.1 Å². The molecule has 3 heteroatoms. The van der Waals surface area contributed by atoms with Crippen LogP contribution in [0, 0.1) is 11.8 Å².